The average molecular weight is 243 g/mol. The maximum atomic E-state index is 10.9. The zero-order chi connectivity index (χ0) is 12.1. The lowest BCUT2D eigenvalue weighted by Gasteiger charge is -2.11. The molecule has 0 saturated carbocycles. The van der Waals surface area contributed by atoms with E-state index in [1.165, 1.54) is 5.56 Å². The summed E-state index contributed by atoms with van der Waals surface area (Å²) < 4.78 is 12.9. The molecule has 2 atom stereocenters. The fraction of sp³-hybridized carbons (Fsp3) is 0.727. The molecule has 5 heteroatoms. The highest BCUT2D eigenvalue weighted by Crippen LogP contribution is 2.13. The Bertz CT molecular complexity index is 349. The van der Waals surface area contributed by atoms with E-state index in [2.05, 4.69) is 37.4 Å². The van der Waals surface area contributed by atoms with Crippen LogP contribution in [0.3, 0.4) is 0 Å². The molecule has 0 radical (unpaired) electrons. The van der Waals surface area contributed by atoms with Gasteiger partial charge >= 0.3 is 0 Å². The molecule has 0 amide bonds. The van der Waals surface area contributed by atoms with Gasteiger partial charge in [0.2, 0.25) is 0 Å². The van der Waals surface area contributed by atoms with E-state index in [1.807, 2.05) is 10.9 Å². The Balaban J connectivity index is 2.46. The van der Waals surface area contributed by atoms with Gasteiger partial charge in [0.15, 0.2) is 0 Å². The summed E-state index contributed by atoms with van der Waals surface area (Å²) in [6, 6.07) is 0.653. The van der Waals surface area contributed by atoms with Crippen molar-refractivity contribution >= 4 is 10.8 Å². The third-order valence-corrected chi connectivity index (χ3v) is 3.27. The van der Waals surface area contributed by atoms with E-state index in [-0.39, 0.29) is 6.04 Å². The molecule has 92 valence electrons. The fourth-order valence-electron chi connectivity index (χ4n) is 1.40. The number of rotatable bonds is 6. The quantitative estimate of drug-likeness (QED) is 0.823. The first-order chi connectivity index (χ1) is 7.50. The van der Waals surface area contributed by atoms with E-state index in [0.29, 0.717) is 11.8 Å². The van der Waals surface area contributed by atoms with Crippen LogP contribution in [-0.2, 0) is 10.8 Å². The zero-order valence-electron chi connectivity index (χ0n) is 10.4. The Morgan fingerprint density at radius 2 is 2.19 bits per heavy atom. The lowest BCUT2D eigenvalue weighted by molar-refractivity contribution is 0.529. The standard InChI is InChI=1S/C11H21N3OS/c1-9(2)14-8-11(7-13-14)10(3)12-5-6-16(4)15/h7-10,12H,5-6H2,1-4H3. The lowest BCUT2D eigenvalue weighted by Crippen LogP contribution is -2.23. The molecular weight excluding hydrogens is 222 g/mol. The van der Waals surface area contributed by atoms with Gasteiger partial charge in [-0.05, 0) is 20.8 Å². The summed E-state index contributed by atoms with van der Waals surface area (Å²) in [5.74, 6) is 0.697. The third kappa shape index (κ3) is 4.06. The molecular formula is C11H21N3OS. The predicted octanol–water partition coefficient (Wildman–Crippen LogP) is 1.49. The largest absolute Gasteiger partial charge is 0.309 e. The predicted molar refractivity (Wildman–Crippen MR) is 68.0 cm³/mol. The number of nitrogens with one attached hydrogen (secondary N) is 1. The Kier molecular flexibility index (Phi) is 5.15. The van der Waals surface area contributed by atoms with Crippen LogP contribution in [0.4, 0.5) is 0 Å². The molecule has 2 unspecified atom stereocenters. The van der Waals surface area contributed by atoms with Gasteiger partial charge < -0.3 is 5.32 Å². The zero-order valence-corrected chi connectivity index (χ0v) is 11.3. The maximum Gasteiger partial charge on any atom is 0.0537 e. The minimum absolute atomic E-state index is 0.260. The van der Waals surface area contributed by atoms with Crippen LogP contribution in [0, 0.1) is 0 Å². The molecule has 16 heavy (non-hydrogen) atoms. The first-order valence-electron chi connectivity index (χ1n) is 5.58. The minimum atomic E-state index is -0.724. The molecule has 0 bridgehead atoms. The van der Waals surface area contributed by atoms with Crippen LogP contribution < -0.4 is 5.32 Å². The topological polar surface area (TPSA) is 46.9 Å². The van der Waals surface area contributed by atoms with Gasteiger partial charge in [0.25, 0.3) is 0 Å². The smallest absolute Gasteiger partial charge is 0.0537 e. The van der Waals surface area contributed by atoms with Crippen LogP contribution in [0.2, 0.25) is 0 Å². The monoisotopic (exact) mass is 243 g/mol. The highest BCUT2D eigenvalue weighted by Gasteiger charge is 2.08. The summed E-state index contributed by atoms with van der Waals surface area (Å²) in [6.07, 6.45) is 5.68. The van der Waals surface area contributed by atoms with Crippen LogP contribution in [0.1, 0.15) is 38.4 Å². The molecule has 0 fully saturated rings. The molecule has 1 aromatic rings. The summed E-state index contributed by atoms with van der Waals surface area (Å²) in [7, 11) is -0.724. The molecule has 0 saturated heterocycles. The second-order valence-electron chi connectivity index (χ2n) is 4.30. The number of hydrogen-bond donors (Lipinski definition) is 1. The Morgan fingerprint density at radius 1 is 1.50 bits per heavy atom. The van der Waals surface area contributed by atoms with Gasteiger partial charge in [0.1, 0.15) is 0 Å². The number of aromatic nitrogens is 2. The fourth-order valence-corrected chi connectivity index (χ4v) is 1.80. The SMILES string of the molecule is CC(NCCS(C)=O)c1cnn(C(C)C)c1. The van der Waals surface area contributed by atoms with E-state index in [0.717, 1.165) is 6.54 Å². The second-order valence-corrected chi connectivity index (χ2v) is 5.86. The highest BCUT2D eigenvalue weighted by molar-refractivity contribution is 7.84. The normalized spacial score (nSPS) is 15.3. The molecule has 0 aliphatic heterocycles. The van der Waals surface area contributed by atoms with E-state index in [9.17, 15) is 4.21 Å². The maximum absolute atomic E-state index is 10.9. The first-order valence-corrected chi connectivity index (χ1v) is 7.31. The van der Waals surface area contributed by atoms with Gasteiger partial charge in [-0.3, -0.25) is 8.89 Å². The van der Waals surface area contributed by atoms with Gasteiger partial charge in [-0.25, -0.2) is 0 Å². The number of nitrogens with zero attached hydrogens (tertiary/aromatic N) is 2. The minimum Gasteiger partial charge on any atom is -0.309 e. The Labute approximate surface area is 99.9 Å². The van der Waals surface area contributed by atoms with Gasteiger partial charge in [-0.2, -0.15) is 5.10 Å². The highest BCUT2D eigenvalue weighted by atomic mass is 32.2. The van der Waals surface area contributed by atoms with Crippen LogP contribution in [0.25, 0.3) is 0 Å². The third-order valence-electron chi connectivity index (χ3n) is 2.49. The van der Waals surface area contributed by atoms with Crippen molar-refractivity contribution in [1.29, 1.82) is 0 Å². The van der Waals surface area contributed by atoms with Crippen molar-refractivity contribution in [3.05, 3.63) is 18.0 Å². The molecule has 0 aliphatic rings. The lowest BCUT2D eigenvalue weighted by atomic mass is 10.2. The molecule has 0 spiro atoms. The van der Waals surface area contributed by atoms with E-state index < -0.39 is 10.8 Å². The van der Waals surface area contributed by atoms with E-state index in [4.69, 9.17) is 0 Å². The van der Waals surface area contributed by atoms with Gasteiger partial charge in [-0.15, -0.1) is 0 Å². The van der Waals surface area contributed by atoms with Crippen LogP contribution in [0.5, 0.6) is 0 Å². The Hall–Kier alpha value is -0.680. The molecule has 1 aromatic heterocycles. The first kappa shape index (κ1) is 13.4. The summed E-state index contributed by atoms with van der Waals surface area (Å²) in [6.45, 7) is 7.08. The van der Waals surface area contributed by atoms with Crippen molar-refractivity contribution in [2.45, 2.75) is 32.9 Å². The van der Waals surface area contributed by atoms with Crippen molar-refractivity contribution < 1.29 is 4.21 Å². The molecule has 1 heterocycles. The Morgan fingerprint density at radius 3 is 2.69 bits per heavy atom. The van der Waals surface area contributed by atoms with Gasteiger partial charge in [-0.1, -0.05) is 0 Å². The molecule has 0 aromatic carbocycles. The summed E-state index contributed by atoms with van der Waals surface area (Å²) in [5, 5.41) is 7.63. The van der Waals surface area contributed by atoms with Crippen molar-refractivity contribution in [1.82, 2.24) is 15.1 Å². The summed E-state index contributed by atoms with van der Waals surface area (Å²) in [5.41, 5.74) is 1.18. The number of hydrogen-bond acceptors (Lipinski definition) is 3. The van der Waals surface area contributed by atoms with E-state index in [1.54, 1.807) is 6.26 Å². The van der Waals surface area contributed by atoms with Crippen molar-refractivity contribution in [3.63, 3.8) is 0 Å². The van der Waals surface area contributed by atoms with Crippen LogP contribution in [0.15, 0.2) is 12.4 Å². The van der Waals surface area contributed by atoms with Gasteiger partial charge in [0.05, 0.1) is 6.20 Å². The van der Waals surface area contributed by atoms with E-state index >= 15 is 0 Å². The van der Waals surface area contributed by atoms with Crippen molar-refractivity contribution in [2.24, 2.45) is 0 Å². The van der Waals surface area contributed by atoms with Crippen LogP contribution >= 0.6 is 0 Å². The molecule has 0 aliphatic carbocycles. The van der Waals surface area contributed by atoms with Crippen molar-refractivity contribution in [3.8, 4) is 0 Å². The molecule has 1 rings (SSSR count). The molecule has 4 nitrogen and oxygen atoms in total. The van der Waals surface area contributed by atoms with Crippen molar-refractivity contribution in [2.75, 3.05) is 18.6 Å². The average Bonchev–Trinajstić information content (AvgIpc) is 2.65. The van der Waals surface area contributed by atoms with Gasteiger partial charge in [0, 0.05) is 53.2 Å². The van der Waals surface area contributed by atoms with Crippen LogP contribution in [-0.4, -0.2) is 32.5 Å². The summed E-state index contributed by atoms with van der Waals surface area (Å²) in [4.78, 5) is 0. The summed E-state index contributed by atoms with van der Waals surface area (Å²) >= 11 is 0. The second kappa shape index (κ2) is 6.15. The molecule has 1 N–H and O–H groups in total.